The van der Waals surface area contributed by atoms with Crippen LogP contribution in [-0.4, -0.2) is 13.7 Å². The second-order valence-corrected chi connectivity index (χ2v) is 4.60. The van der Waals surface area contributed by atoms with Crippen molar-refractivity contribution in [3.63, 3.8) is 0 Å². The van der Waals surface area contributed by atoms with Gasteiger partial charge in [-0.3, -0.25) is 0 Å². The van der Waals surface area contributed by atoms with Gasteiger partial charge in [0, 0.05) is 16.1 Å². The van der Waals surface area contributed by atoms with Gasteiger partial charge < -0.3 is 10.5 Å². The monoisotopic (exact) mass is 279 g/mol. The standard InChI is InChI=1S/C15H15ClFNO/c1-19-15-5-3-11(17)9-13(15)12-8-10(6-7-18)2-4-14(12)16/h2-5,8-9H,6-7,18H2,1H3. The van der Waals surface area contributed by atoms with Crippen LogP contribution < -0.4 is 10.5 Å². The van der Waals surface area contributed by atoms with E-state index in [1.54, 1.807) is 19.2 Å². The summed E-state index contributed by atoms with van der Waals surface area (Å²) in [7, 11) is 1.55. The highest BCUT2D eigenvalue weighted by atomic mass is 35.5. The lowest BCUT2D eigenvalue weighted by molar-refractivity contribution is 0.415. The highest BCUT2D eigenvalue weighted by Gasteiger charge is 2.11. The summed E-state index contributed by atoms with van der Waals surface area (Å²) in [5.74, 6) is 0.268. The Labute approximate surface area is 117 Å². The van der Waals surface area contributed by atoms with Gasteiger partial charge in [0.2, 0.25) is 0 Å². The molecule has 0 aliphatic carbocycles. The van der Waals surface area contributed by atoms with E-state index in [9.17, 15) is 4.39 Å². The summed E-state index contributed by atoms with van der Waals surface area (Å²) in [5.41, 5.74) is 8.01. The van der Waals surface area contributed by atoms with Crippen LogP contribution in [0.1, 0.15) is 5.56 Å². The van der Waals surface area contributed by atoms with Crippen LogP contribution in [-0.2, 0) is 6.42 Å². The molecule has 19 heavy (non-hydrogen) atoms. The molecule has 0 atom stereocenters. The van der Waals surface area contributed by atoms with E-state index in [0.29, 0.717) is 22.9 Å². The van der Waals surface area contributed by atoms with Crippen molar-refractivity contribution in [1.82, 2.24) is 0 Å². The molecule has 0 spiro atoms. The fourth-order valence-electron chi connectivity index (χ4n) is 1.99. The first-order valence-electron chi connectivity index (χ1n) is 5.98. The maximum absolute atomic E-state index is 13.4. The summed E-state index contributed by atoms with van der Waals surface area (Å²) in [6.45, 7) is 0.557. The van der Waals surface area contributed by atoms with Gasteiger partial charge in [-0.05, 0) is 48.9 Å². The molecule has 0 radical (unpaired) electrons. The van der Waals surface area contributed by atoms with Gasteiger partial charge in [0.1, 0.15) is 11.6 Å². The largest absolute Gasteiger partial charge is 0.496 e. The predicted molar refractivity (Wildman–Crippen MR) is 76.2 cm³/mol. The van der Waals surface area contributed by atoms with E-state index in [1.165, 1.54) is 12.1 Å². The Morgan fingerprint density at radius 3 is 2.63 bits per heavy atom. The normalized spacial score (nSPS) is 10.5. The number of benzene rings is 2. The highest BCUT2D eigenvalue weighted by Crippen LogP contribution is 2.36. The van der Waals surface area contributed by atoms with Crippen molar-refractivity contribution in [2.75, 3.05) is 13.7 Å². The predicted octanol–water partition coefficient (Wildman–Crippen LogP) is 3.66. The molecule has 0 aromatic heterocycles. The molecule has 0 saturated carbocycles. The zero-order valence-corrected chi connectivity index (χ0v) is 11.4. The molecule has 2 aromatic rings. The molecule has 0 aliphatic heterocycles. The van der Waals surface area contributed by atoms with Crippen molar-refractivity contribution in [2.24, 2.45) is 5.73 Å². The Kier molecular flexibility index (Phi) is 4.40. The molecule has 0 fully saturated rings. The summed E-state index contributed by atoms with van der Waals surface area (Å²) in [6, 6.07) is 10.0. The Balaban J connectivity index is 2.56. The number of nitrogens with two attached hydrogens (primary N) is 1. The Bertz CT molecular complexity index is 586. The van der Waals surface area contributed by atoms with Crippen molar-refractivity contribution in [2.45, 2.75) is 6.42 Å². The third kappa shape index (κ3) is 3.06. The maximum Gasteiger partial charge on any atom is 0.126 e. The highest BCUT2D eigenvalue weighted by molar-refractivity contribution is 6.33. The van der Waals surface area contributed by atoms with E-state index >= 15 is 0 Å². The SMILES string of the molecule is COc1ccc(F)cc1-c1cc(CCN)ccc1Cl. The first-order chi connectivity index (χ1) is 9.15. The lowest BCUT2D eigenvalue weighted by Gasteiger charge is -2.12. The number of rotatable bonds is 4. The van der Waals surface area contributed by atoms with Crippen LogP contribution in [0.3, 0.4) is 0 Å². The van der Waals surface area contributed by atoms with Gasteiger partial charge in [0.15, 0.2) is 0 Å². The summed E-state index contributed by atoms with van der Waals surface area (Å²) >= 11 is 6.20. The van der Waals surface area contributed by atoms with E-state index in [2.05, 4.69) is 0 Å². The number of ether oxygens (including phenoxy) is 1. The van der Waals surface area contributed by atoms with Crippen LogP contribution in [0.5, 0.6) is 5.75 Å². The van der Waals surface area contributed by atoms with Gasteiger partial charge >= 0.3 is 0 Å². The van der Waals surface area contributed by atoms with Crippen LogP contribution >= 0.6 is 11.6 Å². The molecule has 2 rings (SSSR count). The van der Waals surface area contributed by atoms with Crippen LogP contribution in [0.4, 0.5) is 4.39 Å². The second-order valence-electron chi connectivity index (χ2n) is 4.20. The molecular formula is C15H15ClFNO. The fraction of sp³-hybridized carbons (Fsp3) is 0.200. The second kappa shape index (κ2) is 6.04. The van der Waals surface area contributed by atoms with Crippen molar-refractivity contribution >= 4 is 11.6 Å². The van der Waals surface area contributed by atoms with Gasteiger partial charge in [-0.1, -0.05) is 17.7 Å². The lowest BCUT2D eigenvalue weighted by Crippen LogP contribution is -2.02. The minimum absolute atomic E-state index is 0.323. The smallest absolute Gasteiger partial charge is 0.126 e. The van der Waals surface area contributed by atoms with E-state index in [4.69, 9.17) is 22.1 Å². The fourth-order valence-corrected chi connectivity index (χ4v) is 2.21. The molecule has 0 bridgehead atoms. The average Bonchev–Trinajstić information content (AvgIpc) is 2.41. The van der Waals surface area contributed by atoms with Crippen LogP contribution in [0, 0.1) is 5.82 Å². The van der Waals surface area contributed by atoms with Crippen LogP contribution in [0.2, 0.25) is 5.02 Å². The molecule has 0 amide bonds. The third-order valence-electron chi connectivity index (χ3n) is 2.92. The van der Waals surface area contributed by atoms with Gasteiger partial charge in [-0.2, -0.15) is 0 Å². The average molecular weight is 280 g/mol. The van der Waals surface area contributed by atoms with Gasteiger partial charge in [0.25, 0.3) is 0 Å². The van der Waals surface area contributed by atoms with Gasteiger partial charge in [-0.15, -0.1) is 0 Å². The Morgan fingerprint density at radius 2 is 1.95 bits per heavy atom. The summed E-state index contributed by atoms with van der Waals surface area (Å²) in [5, 5.41) is 0.560. The summed E-state index contributed by atoms with van der Waals surface area (Å²) in [4.78, 5) is 0. The van der Waals surface area contributed by atoms with Crippen molar-refractivity contribution in [1.29, 1.82) is 0 Å². The van der Waals surface area contributed by atoms with Gasteiger partial charge in [0.05, 0.1) is 7.11 Å². The maximum atomic E-state index is 13.4. The topological polar surface area (TPSA) is 35.2 Å². The molecule has 2 aromatic carbocycles. The summed E-state index contributed by atoms with van der Waals surface area (Å²) < 4.78 is 18.7. The van der Waals surface area contributed by atoms with E-state index in [0.717, 1.165) is 17.5 Å². The molecular weight excluding hydrogens is 265 g/mol. The van der Waals surface area contributed by atoms with Gasteiger partial charge in [-0.25, -0.2) is 4.39 Å². The molecule has 0 unspecified atom stereocenters. The number of hydrogen-bond acceptors (Lipinski definition) is 2. The number of hydrogen-bond donors (Lipinski definition) is 1. The Hall–Kier alpha value is -1.58. The van der Waals surface area contributed by atoms with E-state index < -0.39 is 0 Å². The zero-order valence-electron chi connectivity index (χ0n) is 10.6. The first-order valence-corrected chi connectivity index (χ1v) is 6.36. The lowest BCUT2D eigenvalue weighted by atomic mass is 10.0. The zero-order chi connectivity index (χ0) is 13.8. The minimum Gasteiger partial charge on any atom is -0.496 e. The van der Waals surface area contributed by atoms with Crippen LogP contribution in [0.15, 0.2) is 36.4 Å². The van der Waals surface area contributed by atoms with Crippen molar-refractivity contribution < 1.29 is 9.13 Å². The quantitative estimate of drug-likeness (QED) is 0.927. The molecule has 4 heteroatoms. The molecule has 0 saturated heterocycles. The number of halogens is 2. The van der Waals surface area contributed by atoms with E-state index in [1.807, 2.05) is 12.1 Å². The number of methoxy groups -OCH3 is 1. The molecule has 0 heterocycles. The molecule has 2 nitrogen and oxygen atoms in total. The first kappa shape index (κ1) is 13.8. The van der Waals surface area contributed by atoms with Crippen molar-refractivity contribution in [3.05, 3.63) is 52.8 Å². The summed E-state index contributed by atoms with van der Waals surface area (Å²) in [6.07, 6.45) is 0.752. The van der Waals surface area contributed by atoms with E-state index in [-0.39, 0.29) is 5.82 Å². The molecule has 0 aliphatic rings. The minimum atomic E-state index is -0.323. The third-order valence-corrected chi connectivity index (χ3v) is 3.25. The Morgan fingerprint density at radius 1 is 1.16 bits per heavy atom. The molecule has 2 N–H and O–H groups in total. The van der Waals surface area contributed by atoms with Crippen LogP contribution in [0.25, 0.3) is 11.1 Å². The van der Waals surface area contributed by atoms with Crippen molar-refractivity contribution in [3.8, 4) is 16.9 Å². The molecule has 100 valence electrons.